The number of hydrogen-bond acceptors (Lipinski definition) is 3. The highest BCUT2D eigenvalue weighted by Gasteiger charge is 2.29. The van der Waals surface area contributed by atoms with Crippen molar-refractivity contribution in [1.29, 1.82) is 0 Å². The molecule has 0 saturated carbocycles. The summed E-state index contributed by atoms with van der Waals surface area (Å²) in [5.41, 5.74) is 1.24. The largest absolute Gasteiger partial charge is 0.381 e. The van der Waals surface area contributed by atoms with Crippen LogP contribution in [0.1, 0.15) is 12.5 Å². The van der Waals surface area contributed by atoms with Gasteiger partial charge in [0.05, 0.1) is 5.71 Å². The van der Waals surface area contributed by atoms with Crippen molar-refractivity contribution in [1.82, 2.24) is 0 Å². The molecular formula is C9H9NO3S. The number of rotatable bonds is 1. The SMILES string of the molecule is CC1OS(=O)(=O)N=C1c1ccccc1. The Hall–Kier alpha value is -1.20. The Labute approximate surface area is 82.5 Å². The molecule has 0 spiro atoms. The Kier molecular flexibility index (Phi) is 2.13. The Bertz CT molecular complexity index is 464. The van der Waals surface area contributed by atoms with Crippen molar-refractivity contribution in [3.05, 3.63) is 35.9 Å². The first-order valence-electron chi connectivity index (χ1n) is 4.17. The first-order valence-corrected chi connectivity index (χ1v) is 5.53. The first-order chi connectivity index (χ1) is 6.58. The normalized spacial score (nSPS) is 24.6. The summed E-state index contributed by atoms with van der Waals surface area (Å²) in [6.45, 7) is 1.66. The van der Waals surface area contributed by atoms with Crippen molar-refractivity contribution in [2.75, 3.05) is 0 Å². The van der Waals surface area contributed by atoms with E-state index in [-0.39, 0.29) is 0 Å². The molecule has 1 aromatic carbocycles. The fourth-order valence-corrected chi connectivity index (χ4v) is 2.33. The lowest BCUT2D eigenvalue weighted by Gasteiger charge is -2.03. The van der Waals surface area contributed by atoms with Gasteiger partial charge in [-0.15, -0.1) is 4.40 Å². The summed E-state index contributed by atoms with van der Waals surface area (Å²) in [5, 5.41) is 0. The summed E-state index contributed by atoms with van der Waals surface area (Å²) in [7, 11) is -3.70. The highest BCUT2D eigenvalue weighted by molar-refractivity contribution is 7.85. The average Bonchev–Trinajstić information content (AvgIpc) is 2.41. The predicted octanol–water partition coefficient (Wildman–Crippen LogP) is 1.14. The zero-order chi connectivity index (χ0) is 10.2. The highest BCUT2D eigenvalue weighted by Crippen LogP contribution is 2.18. The van der Waals surface area contributed by atoms with Crippen molar-refractivity contribution in [2.24, 2.45) is 4.40 Å². The topological polar surface area (TPSA) is 55.7 Å². The summed E-state index contributed by atoms with van der Waals surface area (Å²) in [4.78, 5) is 0. The molecule has 1 aromatic rings. The van der Waals surface area contributed by atoms with E-state index in [2.05, 4.69) is 8.58 Å². The number of nitrogens with zero attached hydrogens (tertiary/aromatic N) is 1. The van der Waals surface area contributed by atoms with Crippen LogP contribution in [0.15, 0.2) is 34.7 Å². The molecule has 74 valence electrons. The third kappa shape index (κ3) is 1.69. The van der Waals surface area contributed by atoms with Gasteiger partial charge in [0.2, 0.25) is 0 Å². The minimum absolute atomic E-state index is 0.464. The van der Waals surface area contributed by atoms with Gasteiger partial charge < -0.3 is 0 Å². The third-order valence-corrected chi connectivity index (χ3v) is 2.88. The molecule has 0 aliphatic carbocycles. The van der Waals surface area contributed by atoms with Crippen LogP contribution < -0.4 is 0 Å². The van der Waals surface area contributed by atoms with E-state index in [1.807, 2.05) is 18.2 Å². The van der Waals surface area contributed by atoms with Crippen LogP contribution in [0.2, 0.25) is 0 Å². The van der Waals surface area contributed by atoms with Crippen LogP contribution in [-0.2, 0) is 14.5 Å². The minimum atomic E-state index is -3.70. The van der Waals surface area contributed by atoms with Crippen LogP contribution in [0, 0.1) is 0 Å². The molecule has 0 saturated heterocycles. The molecule has 1 aliphatic heterocycles. The Morgan fingerprint density at radius 2 is 1.93 bits per heavy atom. The Balaban J connectivity index is 2.47. The molecule has 14 heavy (non-hydrogen) atoms. The van der Waals surface area contributed by atoms with Crippen LogP contribution in [0.5, 0.6) is 0 Å². The van der Waals surface area contributed by atoms with E-state index in [1.54, 1.807) is 19.1 Å². The van der Waals surface area contributed by atoms with E-state index in [1.165, 1.54) is 0 Å². The maximum Gasteiger partial charge on any atom is 0.381 e. The molecule has 0 fully saturated rings. The van der Waals surface area contributed by atoms with E-state index in [9.17, 15) is 8.42 Å². The molecule has 5 heteroatoms. The van der Waals surface area contributed by atoms with E-state index in [4.69, 9.17) is 0 Å². The van der Waals surface area contributed by atoms with Gasteiger partial charge in [0.15, 0.2) is 0 Å². The summed E-state index contributed by atoms with van der Waals surface area (Å²) in [6.07, 6.45) is -0.498. The van der Waals surface area contributed by atoms with Crippen molar-refractivity contribution in [3.63, 3.8) is 0 Å². The van der Waals surface area contributed by atoms with E-state index >= 15 is 0 Å². The van der Waals surface area contributed by atoms with Gasteiger partial charge in [-0.2, -0.15) is 8.42 Å². The van der Waals surface area contributed by atoms with Gasteiger partial charge in [0.25, 0.3) is 0 Å². The molecule has 1 unspecified atom stereocenters. The van der Waals surface area contributed by atoms with Crippen LogP contribution in [-0.4, -0.2) is 20.2 Å². The monoisotopic (exact) mass is 211 g/mol. The Morgan fingerprint density at radius 1 is 1.29 bits per heavy atom. The summed E-state index contributed by atoms with van der Waals surface area (Å²) >= 11 is 0. The number of benzene rings is 1. The van der Waals surface area contributed by atoms with Crippen LogP contribution in [0.3, 0.4) is 0 Å². The molecule has 1 heterocycles. The highest BCUT2D eigenvalue weighted by atomic mass is 32.2. The molecule has 0 aromatic heterocycles. The lowest BCUT2D eigenvalue weighted by Crippen LogP contribution is -2.15. The molecule has 2 rings (SSSR count). The van der Waals surface area contributed by atoms with Gasteiger partial charge in [-0.25, -0.2) is 4.18 Å². The van der Waals surface area contributed by atoms with Crippen LogP contribution >= 0.6 is 0 Å². The maximum atomic E-state index is 11.0. The van der Waals surface area contributed by atoms with Gasteiger partial charge >= 0.3 is 10.3 Å². The molecule has 4 nitrogen and oxygen atoms in total. The van der Waals surface area contributed by atoms with Gasteiger partial charge in [-0.1, -0.05) is 30.3 Å². The zero-order valence-corrected chi connectivity index (χ0v) is 8.36. The zero-order valence-electron chi connectivity index (χ0n) is 7.54. The smallest absolute Gasteiger partial charge is 0.243 e. The molecule has 1 atom stereocenters. The molecule has 0 N–H and O–H groups in total. The fourth-order valence-electron chi connectivity index (χ4n) is 1.34. The van der Waals surface area contributed by atoms with Crippen molar-refractivity contribution >= 4 is 16.0 Å². The molecule has 0 radical (unpaired) electrons. The first kappa shape index (κ1) is 9.36. The third-order valence-electron chi connectivity index (χ3n) is 1.93. The quantitative estimate of drug-likeness (QED) is 0.700. The summed E-state index contributed by atoms with van der Waals surface area (Å²) in [5.74, 6) is 0. The van der Waals surface area contributed by atoms with Crippen molar-refractivity contribution in [2.45, 2.75) is 13.0 Å². The standard InChI is InChI=1S/C9H9NO3S/c1-7-9(10-14(11,12)13-7)8-5-3-2-4-6-8/h2-7H,1H3. The average molecular weight is 211 g/mol. The second-order valence-corrected chi connectivity index (χ2v) is 4.24. The molecule has 0 bridgehead atoms. The van der Waals surface area contributed by atoms with Gasteiger partial charge in [0.1, 0.15) is 6.10 Å². The van der Waals surface area contributed by atoms with Gasteiger partial charge in [-0.3, -0.25) is 0 Å². The van der Waals surface area contributed by atoms with E-state index in [0.29, 0.717) is 5.71 Å². The number of hydrogen-bond donors (Lipinski definition) is 0. The minimum Gasteiger partial charge on any atom is -0.243 e. The van der Waals surface area contributed by atoms with Gasteiger partial charge in [-0.05, 0) is 12.5 Å². The molecule has 1 aliphatic rings. The predicted molar refractivity (Wildman–Crippen MR) is 52.4 cm³/mol. The fraction of sp³-hybridized carbons (Fsp3) is 0.222. The lowest BCUT2D eigenvalue weighted by atomic mass is 10.1. The lowest BCUT2D eigenvalue weighted by molar-refractivity contribution is 0.304. The van der Waals surface area contributed by atoms with E-state index in [0.717, 1.165) is 5.56 Å². The second-order valence-electron chi connectivity index (χ2n) is 3.01. The summed E-state index contributed by atoms with van der Waals surface area (Å²) < 4.78 is 30.3. The van der Waals surface area contributed by atoms with Crippen LogP contribution in [0.25, 0.3) is 0 Å². The van der Waals surface area contributed by atoms with Gasteiger partial charge in [0, 0.05) is 0 Å². The maximum absolute atomic E-state index is 11.0. The van der Waals surface area contributed by atoms with E-state index < -0.39 is 16.4 Å². The summed E-state index contributed by atoms with van der Waals surface area (Å²) in [6, 6.07) is 9.13. The second kappa shape index (κ2) is 3.18. The Morgan fingerprint density at radius 3 is 2.43 bits per heavy atom. The molecular weight excluding hydrogens is 202 g/mol. The molecule has 0 amide bonds. The van der Waals surface area contributed by atoms with Crippen LogP contribution in [0.4, 0.5) is 0 Å². The van der Waals surface area contributed by atoms with Crippen molar-refractivity contribution < 1.29 is 12.6 Å². The van der Waals surface area contributed by atoms with Crippen molar-refractivity contribution in [3.8, 4) is 0 Å².